The lowest BCUT2D eigenvalue weighted by atomic mass is 9.84. The van der Waals surface area contributed by atoms with Crippen LogP contribution >= 0.6 is 0 Å². The molecule has 1 N–H and O–H groups in total. The van der Waals surface area contributed by atoms with Gasteiger partial charge in [-0.05, 0) is 36.6 Å². The topological polar surface area (TPSA) is 90.2 Å². The Labute approximate surface area is 230 Å². The van der Waals surface area contributed by atoms with Gasteiger partial charge in [0.2, 0.25) is 0 Å². The van der Waals surface area contributed by atoms with Crippen molar-refractivity contribution in [2.24, 2.45) is 10.3 Å². The highest BCUT2D eigenvalue weighted by Gasteiger charge is 2.40. The Hall–Kier alpha value is -3.27. The first-order valence-electron chi connectivity index (χ1n) is 13.9. The van der Waals surface area contributed by atoms with Gasteiger partial charge in [0.05, 0.1) is 30.7 Å². The minimum atomic E-state index is -0.790. The first-order chi connectivity index (χ1) is 19.0. The van der Waals surface area contributed by atoms with Gasteiger partial charge in [-0.3, -0.25) is 14.7 Å². The number of carboxylic acids is 1. The summed E-state index contributed by atoms with van der Waals surface area (Å²) in [6, 6.07) is 18.5. The average molecular weight is 534 g/mol. The van der Waals surface area contributed by atoms with Crippen molar-refractivity contribution in [1.82, 2.24) is 14.8 Å². The van der Waals surface area contributed by atoms with Crippen LogP contribution in [0.5, 0.6) is 0 Å². The predicted octanol–water partition coefficient (Wildman–Crippen LogP) is 3.29. The Morgan fingerprint density at radius 1 is 1.08 bits per heavy atom. The van der Waals surface area contributed by atoms with Crippen LogP contribution in [0.1, 0.15) is 42.4 Å². The molecule has 9 nitrogen and oxygen atoms in total. The fraction of sp³-hybridized carbons (Fsp3) is 0.500. The van der Waals surface area contributed by atoms with E-state index in [9.17, 15) is 9.90 Å². The molecule has 0 saturated carbocycles. The number of piperidine rings is 1. The molecule has 2 aromatic rings. The van der Waals surface area contributed by atoms with Crippen molar-refractivity contribution >= 4 is 17.9 Å². The number of oxime groups is 1. The molecule has 0 radical (unpaired) electrons. The van der Waals surface area contributed by atoms with Crippen molar-refractivity contribution in [3.8, 4) is 0 Å². The second-order valence-electron chi connectivity index (χ2n) is 10.9. The van der Waals surface area contributed by atoms with Gasteiger partial charge in [-0.2, -0.15) is 5.10 Å². The summed E-state index contributed by atoms with van der Waals surface area (Å²) >= 11 is 0. The van der Waals surface area contributed by atoms with E-state index in [0.717, 1.165) is 74.3 Å². The molecule has 2 saturated heterocycles. The van der Waals surface area contributed by atoms with E-state index in [0.29, 0.717) is 19.7 Å². The third-order valence-electron chi connectivity index (χ3n) is 7.94. The molecule has 1 unspecified atom stereocenters. The number of likely N-dealkylation sites (tertiary alicyclic amines) is 1. The van der Waals surface area contributed by atoms with E-state index in [-0.39, 0.29) is 18.2 Å². The minimum Gasteiger partial charge on any atom is -0.480 e. The van der Waals surface area contributed by atoms with Crippen molar-refractivity contribution in [2.45, 2.75) is 44.0 Å². The van der Waals surface area contributed by atoms with Gasteiger partial charge in [0.1, 0.15) is 6.10 Å². The molecule has 3 heterocycles. The molecule has 1 atom stereocenters. The molecule has 3 aliphatic heterocycles. The molecule has 208 valence electrons. The molecule has 0 bridgehead atoms. The number of likely N-dealkylation sites (N-methyl/N-ethyl adjacent to an activating group) is 1. The number of hydrogen-bond acceptors (Lipinski definition) is 8. The maximum Gasteiger partial charge on any atom is 0.317 e. The third kappa shape index (κ3) is 7.65. The number of benzene rings is 2. The fourth-order valence-electron chi connectivity index (χ4n) is 5.47. The van der Waals surface area contributed by atoms with Crippen molar-refractivity contribution in [2.75, 3.05) is 52.9 Å². The Kier molecular flexibility index (Phi) is 8.91. The van der Waals surface area contributed by atoms with Gasteiger partial charge in [0.15, 0.2) is 0 Å². The Balaban J connectivity index is 1.17. The largest absolute Gasteiger partial charge is 0.480 e. The smallest absolute Gasteiger partial charge is 0.317 e. The summed E-state index contributed by atoms with van der Waals surface area (Å²) in [7, 11) is 2.14. The number of carboxylic acid groups (broad SMARTS) is 1. The number of nitrogens with zero attached hydrogens (tertiary/aromatic N) is 5. The van der Waals surface area contributed by atoms with E-state index < -0.39 is 5.97 Å². The average Bonchev–Trinajstić information content (AvgIpc) is 3.42. The van der Waals surface area contributed by atoms with E-state index in [1.165, 1.54) is 0 Å². The quantitative estimate of drug-likeness (QED) is 0.469. The van der Waals surface area contributed by atoms with Crippen molar-refractivity contribution in [3.63, 3.8) is 0 Å². The number of rotatable bonds is 10. The maximum absolute atomic E-state index is 11.2. The van der Waals surface area contributed by atoms with E-state index in [1.54, 1.807) is 0 Å². The summed E-state index contributed by atoms with van der Waals surface area (Å²) in [5.41, 5.74) is 3.83. The van der Waals surface area contributed by atoms with Gasteiger partial charge in [-0.15, -0.1) is 0 Å². The highest BCUT2D eigenvalue weighted by Crippen LogP contribution is 2.35. The van der Waals surface area contributed by atoms with E-state index >= 15 is 0 Å². The van der Waals surface area contributed by atoms with Gasteiger partial charge in [-0.1, -0.05) is 59.8 Å². The van der Waals surface area contributed by atoms with Crippen LogP contribution in [0.4, 0.5) is 0 Å². The molecule has 2 fully saturated rings. The summed E-state index contributed by atoms with van der Waals surface area (Å²) < 4.78 is 6.59. The van der Waals surface area contributed by atoms with Crippen LogP contribution in [0, 0.1) is 0 Å². The zero-order chi connectivity index (χ0) is 27.1. The number of carbonyl (C=O) groups is 1. The van der Waals surface area contributed by atoms with Crippen LogP contribution in [0.25, 0.3) is 0 Å². The highest BCUT2D eigenvalue weighted by molar-refractivity contribution is 6.01. The number of ether oxygens (including phenoxy) is 1. The lowest BCUT2D eigenvalue weighted by Gasteiger charge is -2.42. The van der Waals surface area contributed by atoms with Crippen LogP contribution in [-0.4, -0.2) is 102 Å². The molecule has 2 aromatic carbocycles. The Bertz CT molecular complexity index is 1140. The lowest BCUT2D eigenvalue weighted by molar-refractivity contribution is -0.143. The first kappa shape index (κ1) is 27.3. The molecular weight excluding hydrogens is 494 g/mol. The lowest BCUT2D eigenvalue weighted by Crippen LogP contribution is -2.49. The van der Waals surface area contributed by atoms with Crippen molar-refractivity contribution in [1.29, 1.82) is 0 Å². The second kappa shape index (κ2) is 12.7. The van der Waals surface area contributed by atoms with Gasteiger partial charge in [0, 0.05) is 52.1 Å². The van der Waals surface area contributed by atoms with Crippen LogP contribution in [0.15, 0.2) is 64.9 Å². The molecule has 3 aliphatic rings. The van der Waals surface area contributed by atoms with E-state index in [1.807, 2.05) is 29.3 Å². The van der Waals surface area contributed by atoms with Crippen LogP contribution in [0.3, 0.4) is 0 Å². The molecule has 39 heavy (non-hydrogen) atoms. The van der Waals surface area contributed by atoms with Gasteiger partial charge in [0.25, 0.3) is 0 Å². The van der Waals surface area contributed by atoms with E-state index in [4.69, 9.17) is 9.57 Å². The summed E-state index contributed by atoms with van der Waals surface area (Å²) in [6.45, 7) is 5.96. The van der Waals surface area contributed by atoms with E-state index in [2.05, 4.69) is 63.6 Å². The first-order valence-corrected chi connectivity index (χ1v) is 13.9. The van der Waals surface area contributed by atoms with Crippen LogP contribution in [0.2, 0.25) is 0 Å². The normalized spacial score (nSPS) is 22.1. The standard InChI is InChI=1S/C30H39N5O4/c1-33-15-17-35(18-16-33)31-21-24-7-9-26(10-8-24)28-19-27(39-32-28)20-30(38-23-25-5-3-2-4-6-25)11-13-34(14-12-30)22-29(36)37/h2-10,21,27H,11-20,22-23H2,1H3,(H,36,37)/b31-21+. The second-order valence-corrected chi connectivity index (χ2v) is 10.9. The summed E-state index contributed by atoms with van der Waals surface area (Å²) in [5.74, 6) is -0.790. The maximum atomic E-state index is 11.2. The van der Waals surface area contributed by atoms with Crippen LogP contribution < -0.4 is 0 Å². The summed E-state index contributed by atoms with van der Waals surface area (Å²) in [6.07, 6.45) is 4.84. The molecule has 0 aliphatic carbocycles. The minimum absolute atomic E-state index is 0.0675. The Morgan fingerprint density at radius 3 is 2.49 bits per heavy atom. The highest BCUT2D eigenvalue weighted by atomic mass is 16.6. The van der Waals surface area contributed by atoms with Gasteiger partial charge < -0.3 is 19.6 Å². The number of aliphatic carboxylic acids is 1. The molecule has 9 heteroatoms. The molecule has 0 spiro atoms. The summed E-state index contributed by atoms with van der Waals surface area (Å²) in [4.78, 5) is 21.4. The molecular formula is C30H39N5O4. The van der Waals surface area contributed by atoms with Gasteiger partial charge >= 0.3 is 5.97 Å². The molecule has 5 rings (SSSR count). The SMILES string of the molecule is CN1CCN(/N=C/c2ccc(C3=NOC(CC4(OCc5ccccc5)CCN(CC(=O)O)CC4)C3)cc2)CC1. The zero-order valence-corrected chi connectivity index (χ0v) is 22.7. The zero-order valence-electron chi connectivity index (χ0n) is 22.7. The Morgan fingerprint density at radius 2 is 1.79 bits per heavy atom. The number of hydrogen-bond donors (Lipinski definition) is 1. The third-order valence-corrected chi connectivity index (χ3v) is 7.94. The van der Waals surface area contributed by atoms with Crippen molar-refractivity contribution < 1.29 is 19.5 Å². The molecule has 0 aromatic heterocycles. The van der Waals surface area contributed by atoms with Gasteiger partial charge in [-0.25, -0.2) is 0 Å². The monoisotopic (exact) mass is 533 g/mol. The van der Waals surface area contributed by atoms with Crippen molar-refractivity contribution in [3.05, 3.63) is 71.3 Å². The molecule has 0 amide bonds. The van der Waals surface area contributed by atoms with Crippen LogP contribution in [-0.2, 0) is 21.0 Å². The number of hydrazone groups is 1. The summed E-state index contributed by atoms with van der Waals surface area (Å²) in [5, 5.41) is 20.4. The number of piperazine rings is 1. The fourth-order valence-corrected chi connectivity index (χ4v) is 5.47. The predicted molar refractivity (Wildman–Crippen MR) is 151 cm³/mol.